The molecule has 0 bridgehead atoms. The molecule has 2 fully saturated rings. The third-order valence-corrected chi connectivity index (χ3v) is 5.02. The van der Waals surface area contributed by atoms with Gasteiger partial charge in [0, 0.05) is 11.8 Å². The van der Waals surface area contributed by atoms with Crippen molar-refractivity contribution in [1.29, 1.82) is 0 Å². The van der Waals surface area contributed by atoms with Gasteiger partial charge in [0.2, 0.25) is 0 Å². The summed E-state index contributed by atoms with van der Waals surface area (Å²) < 4.78 is 0. The number of nitrogens with one attached hydrogen (secondary N) is 1. The van der Waals surface area contributed by atoms with Crippen molar-refractivity contribution in [2.75, 3.05) is 5.75 Å². The number of aliphatic imine (C=N–C) groups is 1. The molecule has 1 saturated carbocycles. The minimum absolute atomic E-state index is 0.573. The highest BCUT2D eigenvalue weighted by Crippen LogP contribution is 2.33. The summed E-state index contributed by atoms with van der Waals surface area (Å²) in [6.45, 7) is 6.97. The van der Waals surface area contributed by atoms with Gasteiger partial charge in [-0.1, -0.05) is 38.5 Å². The molecule has 3 unspecified atom stereocenters. The van der Waals surface area contributed by atoms with E-state index in [1.165, 1.54) is 43.0 Å². The molecule has 0 radical (unpaired) electrons. The van der Waals surface area contributed by atoms with E-state index in [0.717, 1.165) is 11.8 Å². The minimum Gasteiger partial charge on any atom is -0.362 e. The molecule has 2 rings (SSSR count). The van der Waals surface area contributed by atoms with Crippen LogP contribution in [-0.4, -0.2) is 23.0 Å². The Hall–Kier alpha value is -0.180. The van der Waals surface area contributed by atoms with Crippen molar-refractivity contribution in [1.82, 2.24) is 5.32 Å². The van der Waals surface area contributed by atoms with Gasteiger partial charge in [-0.25, -0.2) is 0 Å². The Morgan fingerprint density at radius 1 is 1.24 bits per heavy atom. The molecule has 1 N–H and O–H groups in total. The highest BCUT2D eigenvalue weighted by Gasteiger charge is 2.28. The molecule has 1 aliphatic heterocycles. The van der Waals surface area contributed by atoms with Gasteiger partial charge in [0.1, 0.15) is 0 Å². The smallest absolute Gasteiger partial charge is 0.157 e. The second kappa shape index (κ2) is 6.12. The van der Waals surface area contributed by atoms with Gasteiger partial charge in [-0.2, -0.15) is 0 Å². The predicted octanol–water partition coefficient (Wildman–Crippen LogP) is 3.67. The van der Waals surface area contributed by atoms with Gasteiger partial charge in [-0.05, 0) is 38.0 Å². The molecule has 3 atom stereocenters. The van der Waals surface area contributed by atoms with Gasteiger partial charge in [0.05, 0.1) is 6.04 Å². The lowest BCUT2D eigenvalue weighted by Gasteiger charge is -2.33. The summed E-state index contributed by atoms with van der Waals surface area (Å²) >= 11 is 1.91. The summed E-state index contributed by atoms with van der Waals surface area (Å²) in [6, 6.07) is 1.18. The topological polar surface area (TPSA) is 24.4 Å². The maximum absolute atomic E-state index is 5.02. The fourth-order valence-corrected chi connectivity index (χ4v) is 4.12. The van der Waals surface area contributed by atoms with E-state index in [4.69, 9.17) is 4.99 Å². The van der Waals surface area contributed by atoms with Gasteiger partial charge in [0.25, 0.3) is 0 Å². The summed E-state index contributed by atoms with van der Waals surface area (Å²) in [5, 5.41) is 4.75. The van der Waals surface area contributed by atoms with Crippen molar-refractivity contribution in [2.45, 2.75) is 65.0 Å². The fourth-order valence-electron chi connectivity index (χ4n) is 2.96. The predicted molar refractivity (Wildman–Crippen MR) is 77.7 cm³/mol. The average molecular weight is 254 g/mol. The lowest BCUT2D eigenvalue weighted by Crippen LogP contribution is -2.38. The van der Waals surface area contributed by atoms with E-state index in [2.05, 4.69) is 26.1 Å². The van der Waals surface area contributed by atoms with E-state index >= 15 is 0 Å². The van der Waals surface area contributed by atoms with Crippen LogP contribution in [0.3, 0.4) is 0 Å². The Balaban J connectivity index is 2.01. The van der Waals surface area contributed by atoms with Crippen molar-refractivity contribution >= 4 is 16.9 Å². The first-order valence-corrected chi connectivity index (χ1v) is 8.12. The Kier molecular flexibility index (Phi) is 4.78. The quantitative estimate of drug-likeness (QED) is 0.813. The van der Waals surface area contributed by atoms with E-state index in [-0.39, 0.29) is 0 Å². The van der Waals surface area contributed by atoms with Crippen LogP contribution >= 0.6 is 11.8 Å². The van der Waals surface area contributed by atoms with Crippen molar-refractivity contribution in [2.24, 2.45) is 16.8 Å². The summed E-state index contributed by atoms with van der Waals surface area (Å²) in [6.07, 6.45) is 6.70. The van der Waals surface area contributed by atoms with Crippen molar-refractivity contribution < 1.29 is 0 Å². The van der Waals surface area contributed by atoms with E-state index in [1.807, 2.05) is 11.8 Å². The summed E-state index contributed by atoms with van der Waals surface area (Å²) in [4.78, 5) is 5.02. The van der Waals surface area contributed by atoms with Crippen LogP contribution in [-0.2, 0) is 0 Å². The zero-order valence-electron chi connectivity index (χ0n) is 11.4. The van der Waals surface area contributed by atoms with Crippen LogP contribution in [0.25, 0.3) is 0 Å². The van der Waals surface area contributed by atoms with Gasteiger partial charge in [-0.15, -0.1) is 0 Å². The largest absolute Gasteiger partial charge is 0.362 e. The zero-order chi connectivity index (χ0) is 12.3. The number of hydrogen-bond donors (Lipinski definition) is 1. The van der Waals surface area contributed by atoms with Crippen LogP contribution in [0, 0.1) is 11.8 Å². The highest BCUT2D eigenvalue weighted by atomic mass is 32.2. The zero-order valence-corrected chi connectivity index (χ0v) is 12.2. The third kappa shape index (κ3) is 3.64. The maximum Gasteiger partial charge on any atom is 0.157 e. The van der Waals surface area contributed by atoms with Gasteiger partial charge in [0.15, 0.2) is 5.17 Å². The van der Waals surface area contributed by atoms with E-state index in [1.54, 1.807) is 0 Å². The molecule has 98 valence electrons. The SMILES string of the molecule is CC1CCSC(=NC2CCCCC2C(C)C)N1. The number of thioether (sulfide) groups is 1. The minimum atomic E-state index is 0.573. The van der Waals surface area contributed by atoms with Crippen LogP contribution in [0.2, 0.25) is 0 Å². The summed E-state index contributed by atoms with van der Waals surface area (Å²) in [7, 11) is 0. The van der Waals surface area contributed by atoms with Crippen LogP contribution in [0.1, 0.15) is 52.9 Å². The second-order valence-corrected chi connectivity index (χ2v) is 6.96. The molecule has 0 amide bonds. The molecule has 17 heavy (non-hydrogen) atoms. The van der Waals surface area contributed by atoms with Crippen molar-refractivity contribution in [3.8, 4) is 0 Å². The van der Waals surface area contributed by atoms with Crippen LogP contribution in [0.5, 0.6) is 0 Å². The number of rotatable bonds is 2. The molecule has 0 aromatic carbocycles. The summed E-state index contributed by atoms with van der Waals surface area (Å²) in [5.41, 5.74) is 0. The average Bonchev–Trinajstić information content (AvgIpc) is 2.29. The van der Waals surface area contributed by atoms with E-state index in [0.29, 0.717) is 12.1 Å². The number of nitrogens with zero attached hydrogens (tertiary/aromatic N) is 1. The molecular formula is C14H26N2S. The molecule has 0 aromatic rings. The van der Waals surface area contributed by atoms with Gasteiger partial charge in [-0.3, -0.25) is 4.99 Å². The first-order valence-electron chi connectivity index (χ1n) is 7.14. The van der Waals surface area contributed by atoms with Gasteiger partial charge >= 0.3 is 0 Å². The Labute approximate surface area is 110 Å². The van der Waals surface area contributed by atoms with Crippen LogP contribution in [0.4, 0.5) is 0 Å². The molecule has 0 aromatic heterocycles. The maximum atomic E-state index is 5.02. The molecule has 2 nitrogen and oxygen atoms in total. The molecule has 3 heteroatoms. The first kappa shape index (κ1) is 13.3. The third-order valence-electron chi connectivity index (χ3n) is 4.08. The van der Waals surface area contributed by atoms with E-state index < -0.39 is 0 Å². The first-order chi connectivity index (χ1) is 8.16. The molecule has 1 saturated heterocycles. The monoisotopic (exact) mass is 254 g/mol. The Morgan fingerprint density at radius 3 is 2.71 bits per heavy atom. The highest BCUT2D eigenvalue weighted by molar-refractivity contribution is 8.13. The second-order valence-electron chi connectivity index (χ2n) is 5.88. The molecule has 1 heterocycles. The summed E-state index contributed by atoms with van der Waals surface area (Å²) in [5.74, 6) is 2.80. The van der Waals surface area contributed by atoms with Crippen molar-refractivity contribution in [3.63, 3.8) is 0 Å². The van der Waals surface area contributed by atoms with Crippen molar-refractivity contribution in [3.05, 3.63) is 0 Å². The fraction of sp³-hybridized carbons (Fsp3) is 0.929. The standard InChI is InChI=1S/C14H26N2S/c1-10(2)12-6-4-5-7-13(12)16-14-15-11(3)8-9-17-14/h10-13H,4-9H2,1-3H3,(H,15,16). The van der Waals surface area contributed by atoms with Gasteiger partial charge < -0.3 is 5.32 Å². The van der Waals surface area contributed by atoms with Crippen LogP contribution in [0.15, 0.2) is 4.99 Å². The lowest BCUT2D eigenvalue weighted by molar-refractivity contribution is 0.241. The lowest BCUT2D eigenvalue weighted by atomic mass is 9.78. The van der Waals surface area contributed by atoms with E-state index in [9.17, 15) is 0 Å². The molecular weight excluding hydrogens is 228 g/mol. The van der Waals surface area contributed by atoms with Crippen LogP contribution < -0.4 is 5.32 Å². The number of amidine groups is 1. The normalized spacial score (nSPS) is 37.2. The Morgan fingerprint density at radius 2 is 2.00 bits per heavy atom. The number of hydrogen-bond acceptors (Lipinski definition) is 2. The molecule has 2 aliphatic rings. The molecule has 0 spiro atoms. The Bertz CT molecular complexity index is 275. The molecule has 1 aliphatic carbocycles.